The van der Waals surface area contributed by atoms with Crippen molar-refractivity contribution in [3.8, 4) is 0 Å². The van der Waals surface area contributed by atoms with Crippen molar-refractivity contribution < 1.29 is 0 Å². The molecule has 0 aliphatic carbocycles. The monoisotopic (exact) mass is 189 g/mol. The SMILES string of the molecule is CN(C)CCc1ccc(Cl)s1. The third kappa shape index (κ3) is 3.23. The zero-order valence-electron chi connectivity index (χ0n) is 6.80. The van der Waals surface area contributed by atoms with Crippen molar-refractivity contribution in [2.24, 2.45) is 0 Å². The molecule has 1 aromatic heterocycles. The van der Waals surface area contributed by atoms with Crippen LogP contribution in [0.5, 0.6) is 0 Å². The molecule has 0 atom stereocenters. The Hall–Kier alpha value is -0.0500. The average Bonchev–Trinajstić information content (AvgIpc) is 2.31. The Kier molecular flexibility index (Phi) is 3.37. The van der Waals surface area contributed by atoms with Gasteiger partial charge in [-0.2, -0.15) is 0 Å². The van der Waals surface area contributed by atoms with E-state index in [4.69, 9.17) is 11.6 Å². The molecule has 0 unspecified atom stereocenters. The minimum atomic E-state index is 0.888. The van der Waals surface area contributed by atoms with Crippen LogP contribution < -0.4 is 0 Å². The summed E-state index contributed by atoms with van der Waals surface area (Å²) in [7, 11) is 4.16. The Morgan fingerprint density at radius 1 is 1.45 bits per heavy atom. The minimum Gasteiger partial charge on any atom is -0.309 e. The Balaban J connectivity index is 2.39. The fourth-order valence-corrected chi connectivity index (χ4v) is 1.90. The lowest BCUT2D eigenvalue weighted by atomic mass is 10.3. The highest BCUT2D eigenvalue weighted by molar-refractivity contribution is 7.16. The molecule has 1 rings (SSSR count). The van der Waals surface area contributed by atoms with Gasteiger partial charge in [0.15, 0.2) is 0 Å². The van der Waals surface area contributed by atoms with E-state index in [2.05, 4.69) is 25.1 Å². The van der Waals surface area contributed by atoms with E-state index in [-0.39, 0.29) is 0 Å². The number of hydrogen-bond acceptors (Lipinski definition) is 2. The summed E-state index contributed by atoms with van der Waals surface area (Å²) < 4.78 is 0.888. The second-order valence-electron chi connectivity index (χ2n) is 2.76. The maximum Gasteiger partial charge on any atom is 0.0931 e. The van der Waals surface area contributed by atoms with Gasteiger partial charge in [-0.05, 0) is 32.6 Å². The van der Waals surface area contributed by atoms with Gasteiger partial charge in [-0.1, -0.05) is 11.6 Å². The van der Waals surface area contributed by atoms with Gasteiger partial charge in [0.25, 0.3) is 0 Å². The summed E-state index contributed by atoms with van der Waals surface area (Å²) >= 11 is 7.45. The lowest BCUT2D eigenvalue weighted by Gasteiger charge is -2.06. The summed E-state index contributed by atoms with van der Waals surface area (Å²) in [5, 5.41) is 0. The lowest BCUT2D eigenvalue weighted by Crippen LogP contribution is -2.14. The van der Waals surface area contributed by atoms with Crippen molar-refractivity contribution >= 4 is 22.9 Å². The molecule has 1 aromatic rings. The van der Waals surface area contributed by atoms with E-state index in [0.717, 1.165) is 17.3 Å². The number of halogens is 1. The molecule has 0 fully saturated rings. The largest absolute Gasteiger partial charge is 0.309 e. The third-order valence-electron chi connectivity index (χ3n) is 1.43. The summed E-state index contributed by atoms with van der Waals surface area (Å²) in [6.07, 6.45) is 1.10. The molecule has 0 saturated carbocycles. The first-order valence-electron chi connectivity index (χ1n) is 3.57. The van der Waals surface area contributed by atoms with Crippen LogP contribution in [0.15, 0.2) is 12.1 Å². The molecule has 3 heteroatoms. The Labute approximate surface area is 76.6 Å². The molecule has 0 radical (unpaired) electrons. The number of hydrogen-bond donors (Lipinski definition) is 0. The summed E-state index contributed by atoms with van der Waals surface area (Å²) in [5.41, 5.74) is 0. The normalized spacial score (nSPS) is 10.9. The number of thiophene rings is 1. The number of nitrogens with zero attached hydrogens (tertiary/aromatic N) is 1. The Morgan fingerprint density at radius 2 is 2.18 bits per heavy atom. The molecule has 0 aliphatic rings. The van der Waals surface area contributed by atoms with Crippen LogP contribution in [0.2, 0.25) is 4.34 Å². The molecule has 0 bridgehead atoms. The molecule has 0 amide bonds. The van der Waals surface area contributed by atoms with Crippen molar-refractivity contribution in [1.29, 1.82) is 0 Å². The lowest BCUT2D eigenvalue weighted by molar-refractivity contribution is 0.415. The van der Waals surface area contributed by atoms with Gasteiger partial charge in [-0.15, -0.1) is 11.3 Å². The van der Waals surface area contributed by atoms with Gasteiger partial charge in [0.05, 0.1) is 4.34 Å². The van der Waals surface area contributed by atoms with Crippen molar-refractivity contribution in [2.45, 2.75) is 6.42 Å². The van der Waals surface area contributed by atoms with Gasteiger partial charge in [0, 0.05) is 11.4 Å². The van der Waals surface area contributed by atoms with Crippen LogP contribution in [-0.4, -0.2) is 25.5 Å². The number of rotatable bonds is 3. The van der Waals surface area contributed by atoms with E-state index in [1.54, 1.807) is 11.3 Å². The van der Waals surface area contributed by atoms with Gasteiger partial charge in [-0.3, -0.25) is 0 Å². The number of likely N-dealkylation sites (N-methyl/N-ethyl adjacent to an activating group) is 1. The van der Waals surface area contributed by atoms with Crippen LogP contribution >= 0.6 is 22.9 Å². The van der Waals surface area contributed by atoms with Crippen molar-refractivity contribution in [3.05, 3.63) is 21.3 Å². The minimum absolute atomic E-state index is 0.888. The van der Waals surface area contributed by atoms with E-state index in [9.17, 15) is 0 Å². The van der Waals surface area contributed by atoms with E-state index in [0.29, 0.717) is 0 Å². The van der Waals surface area contributed by atoms with Gasteiger partial charge in [0.1, 0.15) is 0 Å². The molecule has 0 spiro atoms. The Bertz CT molecular complexity index is 220. The summed E-state index contributed by atoms with van der Waals surface area (Å²) in [6.45, 7) is 1.09. The third-order valence-corrected chi connectivity index (χ3v) is 2.73. The predicted octanol–water partition coefficient (Wildman–Crippen LogP) is 2.51. The topological polar surface area (TPSA) is 3.24 Å². The molecule has 0 aliphatic heterocycles. The molecular weight excluding hydrogens is 178 g/mol. The van der Waals surface area contributed by atoms with E-state index < -0.39 is 0 Å². The second kappa shape index (κ2) is 4.10. The maximum atomic E-state index is 5.78. The van der Waals surface area contributed by atoms with Gasteiger partial charge >= 0.3 is 0 Å². The maximum absolute atomic E-state index is 5.78. The molecule has 1 heterocycles. The first-order chi connectivity index (χ1) is 5.18. The zero-order valence-corrected chi connectivity index (χ0v) is 8.37. The summed E-state index contributed by atoms with van der Waals surface area (Å²) in [6, 6.07) is 4.05. The highest BCUT2D eigenvalue weighted by atomic mass is 35.5. The first-order valence-corrected chi connectivity index (χ1v) is 4.77. The predicted molar refractivity (Wildman–Crippen MR) is 51.6 cm³/mol. The van der Waals surface area contributed by atoms with Crippen LogP contribution in [0.3, 0.4) is 0 Å². The van der Waals surface area contributed by atoms with Gasteiger partial charge in [-0.25, -0.2) is 0 Å². The first kappa shape index (κ1) is 9.04. The molecule has 0 aromatic carbocycles. The van der Waals surface area contributed by atoms with Gasteiger partial charge < -0.3 is 4.90 Å². The molecule has 0 N–H and O–H groups in total. The summed E-state index contributed by atoms with van der Waals surface area (Å²) in [5.74, 6) is 0. The zero-order chi connectivity index (χ0) is 8.27. The fraction of sp³-hybridized carbons (Fsp3) is 0.500. The van der Waals surface area contributed by atoms with Crippen LogP contribution in [0.4, 0.5) is 0 Å². The van der Waals surface area contributed by atoms with E-state index >= 15 is 0 Å². The fourth-order valence-electron chi connectivity index (χ4n) is 0.820. The van der Waals surface area contributed by atoms with E-state index in [1.807, 2.05) is 6.07 Å². The van der Waals surface area contributed by atoms with Crippen LogP contribution in [0.25, 0.3) is 0 Å². The van der Waals surface area contributed by atoms with Crippen molar-refractivity contribution in [3.63, 3.8) is 0 Å². The highest BCUT2D eigenvalue weighted by Gasteiger charge is 1.97. The molecule has 62 valence electrons. The second-order valence-corrected chi connectivity index (χ2v) is 4.56. The quantitative estimate of drug-likeness (QED) is 0.707. The Morgan fingerprint density at radius 3 is 2.64 bits per heavy atom. The van der Waals surface area contributed by atoms with Crippen LogP contribution in [-0.2, 0) is 6.42 Å². The van der Waals surface area contributed by atoms with Gasteiger partial charge in [0.2, 0.25) is 0 Å². The standard InChI is InChI=1S/C8H12ClNS/c1-10(2)6-5-7-3-4-8(9)11-7/h3-4H,5-6H2,1-2H3. The molecule has 11 heavy (non-hydrogen) atoms. The van der Waals surface area contributed by atoms with Crippen LogP contribution in [0.1, 0.15) is 4.88 Å². The van der Waals surface area contributed by atoms with Crippen LogP contribution in [0, 0.1) is 0 Å². The summed E-state index contributed by atoms with van der Waals surface area (Å²) in [4.78, 5) is 3.54. The highest BCUT2D eigenvalue weighted by Crippen LogP contribution is 2.21. The molecule has 1 nitrogen and oxygen atoms in total. The van der Waals surface area contributed by atoms with E-state index in [1.165, 1.54) is 4.88 Å². The van der Waals surface area contributed by atoms with Crippen molar-refractivity contribution in [2.75, 3.05) is 20.6 Å². The average molecular weight is 190 g/mol. The molecule has 0 saturated heterocycles. The molecular formula is C8H12ClNS. The van der Waals surface area contributed by atoms with Crippen molar-refractivity contribution in [1.82, 2.24) is 4.90 Å². The smallest absolute Gasteiger partial charge is 0.0931 e.